The number of rotatable bonds is 7. The molecule has 1 aromatic rings. The Morgan fingerprint density at radius 1 is 1.56 bits per heavy atom. The molecule has 0 aliphatic rings. The second-order valence-corrected chi connectivity index (χ2v) is 4.97. The van der Waals surface area contributed by atoms with Crippen LogP contribution in [0.15, 0.2) is 18.3 Å². The summed E-state index contributed by atoms with van der Waals surface area (Å²) in [5.41, 5.74) is -0.0656. The highest BCUT2D eigenvalue weighted by atomic mass is 16.6. The van der Waals surface area contributed by atoms with Gasteiger partial charge in [-0.25, -0.2) is 4.98 Å². The van der Waals surface area contributed by atoms with Crippen LogP contribution in [0.4, 0.5) is 11.5 Å². The van der Waals surface area contributed by atoms with Crippen molar-refractivity contribution in [2.24, 2.45) is 5.41 Å². The first-order valence-electron chi connectivity index (χ1n) is 5.90. The summed E-state index contributed by atoms with van der Waals surface area (Å²) in [7, 11) is 0. The second kappa shape index (κ2) is 6.30. The first-order chi connectivity index (χ1) is 8.46. The number of aromatic nitrogens is 1. The molecular weight excluding hydrogens is 234 g/mol. The maximum absolute atomic E-state index is 10.8. The lowest BCUT2D eigenvalue weighted by Gasteiger charge is -2.24. The van der Waals surface area contributed by atoms with Gasteiger partial charge < -0.3 is 10.4 Å². The van der Waals surface area contributed by atoms with Crippen LogP contribution in [0, 0.1) is 15.5 Å². The smallest absolute Gasteiger partial charge is 0.311 e. The monoisotopic (exact) mass is 253 g/mol. The van der Waals surface area contributed by atoms with E-state index in [1.54, 1.807) is 6.07 Å². The van der Waals surface area contributed by atoms with E-state index < -0.39 is 4.92 Å². The van der Waals surface area contributed by atoms with E-state index in [1.807, 2.05) is 13.8 Å². The van der Waals surface area contributed by atoms with Gasteiger partial charge in [-0.15, -0.1) is 0 Å². The Hall–Kier alpha value is -1.69. The Balaban J connectivity index is 2.65. The summed E-state index contributed by atoms with van der Waals surface area (Å²) in [6, 6.07) is 2.97. The fourth-order valence-corrected chi connectivity index (χ4v) is 1.65. The zero-order valence-electron chi connectivity index (χ0n) is 10.7. The van der Waals surface area contributed by atoms with Gasteiger partial charge in [-0.3, -0.25) is 10.1 Å². The van der Waals surface area contributed by atoms with Crippen LogP contribution in [0.2, 0.25) is 0 Å². The number of pyridine rings is 1. The summed E-state index contributed by atoms with van der Waals surface area (Å²) in [5, 5.41) is 22.6. The van der Waals surface area contributed by atoms with Gasteiger partial charge in [0.25, 0.3) is 0 Å². The Labute approximate surface area is 106 Å². The van der Waals surface area contributed by atoms with E-state index in [1.165, 1.54) is 12.3 Å². The van der Waals surface area contributed by atoms with Crippen molar-refractivity contribution in [3.8, 4) is 0 Å². The van der Waals surface area contributed by atoms with Crippen molar-refractivity contribution in [3.05, 3.63) is 28.4 Å². The lowest BCUT2D eigenvalue weighted by molar-refractivity contribution is -0.384. The van der Waals surface area contributed by atoms with Gasteiger partial charge in [-0.05, 0) is 24.3 Å². The van der Waals surface area contributed by atoms with Crippen molar-refractivity contribution in [3.63, 3.8) is 0 Å². The van der Waals surface area contributed by atoms with Crippen molar-refractivity contribution in [1.82, 2.24) is 4.98 Å². The number of nitrogens with zero attached hydrogens (tertiary/aromatic N) is 2. The lowest BCUT2D eigenvalue weighted by atomic mass is 9.88. The topological polar surface area (TPSA) is 88.3 Å². The highest BCUT2D eigenvalue weighted by Gasteiger charge is 2.20. The second-order valence-electron chi connectivity index (χ2n) is 4.97. The quantitative estimate of drug-likeness (QED) is 0.574. The van der Waals surface area contributed by atoms with E-state index in [2.05, 4.69) is 10.3 Å². The van der Waals surface area contributed by atoms with Crippen molar-refractivity contribution < 1.29 is 10.0 Å². The van der Waals surface area contributed by atoms with Gasteiger partial charge in [-0.1, -0.05) is 13.8 Å². The van der Waals surface area contributed by atoms with E-state index >= 15 is 0 Å². The Bertz CT molecular complexity index is 407. The predicted molar refractivity (Wildman–Crippen MR) is 69.5 cm³/mol. The molecule has 1 rings (SSSR count). The maximum atomic E-state index is 10.8. The highest BCUT2D eigenvalue weighted by Crippen LogP contribution is 2.25. The molecule has 0 saturated carbocycles. The van der Waals surface area contributed by atoms with E-state index in [0.29, 0.717) is 12.4 Å². The number of hydrogen-bond acceptors (Lipinski definition) is 5. The number of hydrogen-bond donors (Lipinski definition) is 2. The molecular formula is C12H19N3O3. The average molecular weight is 253 g/mol. The van der Waals surface area contributed by atoms with Gasteiger partial charge in [0.15, 0.2) is 0 Å². The summed E-state index contributed by atoms with van der Waals surface area (Å²) >= 11 is 0. The van der Waals surface area contributed by atoms with Crippen LogP contribution in [-0.4, -0.2) is 28.2 Å². The van der Waals surface area contributed by atoms with Gasteiger partial charge in [0.1, 0.15) is 0 Å². The summed E-state index contributed by atoms with van der Waals surface area (Å²) in [5.74, 6) is 0.291. The molecule has 0 bridgehead atoms. The maximum Gasteiger partial charge on any atom is 0.311 e. The normalized spacial score (nSPS) is 11.3. The Morgan fingerprint density at radius 2 is 2.28 bits per heavy atom. The molecule has 0 saturated heterocycles. The fourth-order valence-electron chi connectivity index (χ4n) is 1.65. The molecule has 1 aromatic heterocycles. The molecule has 100 valence electrons. The highest BCUT2D eigenvalue weighted by molar-refractivity contribution is 5.55. The molecule has 0 aliphatic carbocycles. The lowest BCUT2D eigenvalue weighted by Crippen LogP contribution is -2.24. The number of anilines is 1. The molecule has 0 unspecified atom stereocenters. The minimum atomic E-state index is -0.448. The first kappa shape index (κ1) is 14.4. The Kier molecular flexibility index (Phi) is 5.03. The number of aliphatic hydroxyl groups excluding tert-OH is 1. The molecule has 6 heteroatoms. The molecule has 0 spiro atoms. The molecule has 1 heterocycles. The third-order valence-electron chi connectivity index (χ3n) is 2.73. The van der Waals surface area contributed by atoms with Crippen LogP contribution < -0.4 is 5.32 Å². The van der Waals surface area contributed by atoms with Crippen molar-refractivity contribution in [2.75, 3.05) is 18.5 Å². The molecule has 0 amide bonds. The SMILES string of the molecule is CC(C)(CCCO)CNc1ncccc1[N+](=O)[O-]. The van der Waals surface area contributed by atoms with Crippen LogP contribution in [0.5, 0.6) is 0 Å². The minimum absolute atomic E-state index is 0.0181. The third kappa shape index (κ3) is 4.29. The van der Waals surface area contributed by atoms with E-state index in [0.717, 1.165) is 12.8 Å². The van der Waals surface area contributed by atoms with Gasteiger partial charge in [0.2, 0.25) is 5.82 Å². The van der Waals surface area contributed by atoms with Gasteiger partial charge >= 0.3 is 5.69 Å². The zero-order valence-corrected chi connectivity index (χ0v) is 10.7. The molecule has 6 nitrogen and oxygen atoms in total. The van der Waals surface area contributed by atoms with Crippen molar-refractivity contribution in [2.45, 2.75) is 26.7 Å². The Morgan fingerprint density at radius 3 is 2.89 bits per heavy atom. The largest absolute Gasteiger partial charge is 0.396 e. The van der Waals surface area contributed by atoms with Crippen LogP contribution in [0.1, 0.15) is 26.7 Å². The van der Waals surface area contributed by atoms with E-state index in [9.17, 15) is 10.1 Å². The summed E-state index contributed by atoms with van der Waals surface area (Å²) in [6.45, 7) is 4.83. The standard InChI is InChI=1S/C12H19N3O3/c1-12(2,6-4-8-16)9-14-11-10(15(17)18)5-3-7-13-11/h3,5,7,16H,4,6,8-9H2,1-2H3,(H,13,14). The van der Waals surface area contributed by atoms with Crippen LogP contribution in [-0.2, 0) is 0 Å². The summed E-state index contributed by atoms with van der Waals surface area (Å²) in [4.78, 5) is 14.3. The number of aliphatic hydroxyl groups is 1. The summed E-state index contributed by atoms with van der Waals surface area (Å²) < 4.78 is 0. The fraction of sp³-hybridized carbons (Fsp3) is 0.583. The minimum Gasteiger partial charge on any atom is -0.396 e. The predicted octanol–water partition coefficient (Wildman–Crippen LogP) is 2.20. The molecule has 18 heavy (non-hydrogen) atoms. The van der Waals surface area contributed by atoms with E-state index in [4.69, 9.17) is 5.11 Å². The van der Waals surface area contributed by atoms with Crippen molar-refractivity contribution >= 4 is 11.5 Å². The van der Waals surface area contributed by atoms with Crippen LogP contribution in [0.3, 0.4) is 0 Å². The molecule has 0 aliphatic heterocycles. The molecule has 0 fully saturated rings. The van der Waals surface area contributed by atoms with Gasteiger partial charge in [-0.2, -0.15) is 0 Å². The van der Waals surface area contributed by atoms with Gasteiger partial charge in [0.05, 0.1) is 4.92 Å². The number of nitro groups is 1. The molecule has 2 N–H and O–H groups in total. The summed E-state index contributed by atoms with van der Waals surface area (Å²) in [6.07, 6.45) is 3.09. The molecule has 0 aromatic carbocycles. The zero-order chi connectivity index (χ0) is 13.6. The van der Waals surface area contributed by atoms with Crippen LogP contribution in [0.25, 0.3) is 0 Å². The number of nitrogens with one attached hydrogen (secondary N) is 1. The molecule has 0 atom stereocenters. The average Bonchev–Trinajstić information content (AvgIpc) is 2.34. The first-order valence-corrected chi connectivity index (χ1v) is 5.90. The molecule has 0 radical (unpaired) electrons. The van der Waals surface area contributed by atoms with Crippen molar-refractivity contribution in [1.29, 1.82) is 0 Å². The van der Waals surface area contributed by atoms with Gasteiger partial charge in [0, 0.05) is 25.4 Å². The third-order valence-corrected chi connectivity index (χ3v) is 2.73. The van der Waals surface area contributed by atoms with E-state index in [-0.39, 0.29) is 17.7 Å². The van der Waals surface area contributed by atoms with Crippen LogP contribution >= 0.6 is 0 Å².